The highest BCUT2D eigenvalue weighted by Gasteiger charge is 2.74. The number of piperidine rings is 2. The second kappa shape index (κ2) is 12.9. The molecule has 4 N–H and O–H groups in total. The monoisotopic (exact) mass is 880 g/mol. The molecule has 0 unspecified atom stereocenters. The van der Waals surface area contributed by atoms with Crippen LogP contribution >= 0.6 is 0 Å². The fourth-order valence-electron chi connectivity index (χ4n) is 18.2. The van der Waals surface area contributed by atoms with E-state index in [0.717, 1.165) is 106 Å². The minimum absolute atomic E-state index is 0.00432. The maximum absolute atomic E-state index is 12.7. The fourth-order valence-corrected chi connectivity index (χ4v) is 18.2. The lowest BCUT2D eigenvalue weighted by atomic mass is 9.47. The third-order valence-electron chi connectivity index (χ3n) is 21.4. The smallest absolute Gasteiger partial charge is 0.166 e. The van der Waals surface area contributed by atoms with Crippen LogP contribution in [0.3, 0.4) is 0 Å². The quantitative estimate of drug-likeness (QED) is 0.237. The lowest BCUT2D eigenvalue weighted by molar-refractivity contribution is -0.160. The van der Waals surface area contributed by atoms with Crippen molar-refractivity contribution in [1.29, 1.82) is 0 Å². The second-order valence-corrected chi connectivity index (χ2v) is 23.4. The molecule has 2 spiro atoms. The number of rotatable bonds is 2. The zero-order valence-electron chi connectivity index (χ0n) is 38.4. The van der Waals surface area contributed by atoms with E-state index in [-0.39, 0.29) is 34.4 Å². The number of phenolic OH excluding ortho intramolecular Hbond substituents is 2. The van der Waals surface area contributed by atoms with Crippen molar-refractivity contribution in [1.82, 2.24) is 9.80 Å². The Hall–Kier alpha value is -4.10. The van der Waals surface area contributed by atoms with Gasteiger partial charge in [-0.1, -0.05) is 31.6 Å². The van der Waals surface area contributed by atoms with Crippen LogP contribution in [0.4, 0.5) is 0 Å². The molecule has 65 heavy (non-hydrogen) atoms. The topological polar surface area (TPSA) is 155 Å². The van der Waals surface area contributed by atoms with Crippen molar-refractivity contribution in [3.8, 4) is 23.0 Å². The van der Waals surface area contributed by atoms with Gasteiger partial charge in [-0.2, -0.15) is 20.4 Å². The van der Waals surface area contributed by atoms with Crippen LogP contribution < -0.4 is 9.47 Å². The van der Waals surface area contributed by atoms with E-state index in [2.05, 4.69) is 43.8 Å². The first-order valence-electron chi connectivity index (χ1n) is 25.1. The van der Waals surface area contributed by atoms with Gasteiger partial charge in [-0.3, -0.25) is 0 Å². The largest absolute Gasteiger partial charge is 0.504 e. The van der Waals surface area contributed by atoms with E-state index in [1.807, 2.05) is 12.1 Å². The Morgan fingerprint density at radius 2 is 1.17 bits per heavy atom. The normalized spacial score (nSPS) is 47.4. The molecular formula is C53H64N6O6. The SMILES string of the molecule is CN1CC[C@]23c4c5ccc(O)c4O[C@H]2/C(=N/N=C2/C=C4CC[C@@H]6[C@H](CC[C@]7(C)/C(=N/N=C8\CC[C@@]9(O)[C@H]%10Cc%11ccc(O)c%12c%11[C@@]9(CCN%10C)[C@H]8O%12)CC[C@@H]67)[C@@]4(C)CC2)CC[C@@]3(O)[C@H]1C5. The zero-order chi connectivity index (χ0) is 44.2. The van der Waals surface area contributed by atoms with Crippen LogP contribution in [0.5, 0.6) is 23.0 Å². The summed E-state index contributed by atoms with van der Waals surface area (Å²) in [6, 6.07) is 7.60. The minimum atomic E-state index is -0.949. The summed E-state index contributed by atoms with van der Waals surface area (Å²) in [5.41, 5.74) is 7.03. The van der Waals surface area contributed by atoms with Gasteiger partial charge in [0.25, 0.3) is 0 Å². The van der Waals surface area contributed by atoms with Crippen molar-refractivity contribution in [2.45, 2.75) is 163 Å². The van der Waals surface area contributed by atoms with Crippen LogP contribution in [0.1, 0.15) is 126 Å². The number of ether oxygens (including phenoxy) is 2. The average Bonchev–Trinajstić information content (AvgIpc) is 3.95. The van der Waals surface area contributed by atoms with E-state index < -0.39 is 34.2 Å². The van der Waals surface area contributed by atoms with Crippen LogP contribution in [-0.4, -0.2) is 116 Å². The number of hydrogen-bond acceptors (Lipinski definition) is 12. The number of allylic oxidation sites excluding steroid dienone is 2. The summed E-state index contributed by atoms with van der Waals surface area (Å²) >= 11 is 0. The number of aromatic hydroxyl groups is 2. The van der Waals surface area contributed by atoms with Gasteiger partial charge in [-0.15, -0.1) is 0 Å². The van der Waals surface area contributed by atoms with Crippen molar-refractivity contribution < 1.29 is 29.9 Å². The summed E-state index contributed by atoms with van der Waals surface area (Å²) in [5.74, 6) is 3.23. The molecule has 0 aromatic heterocycles. The number of hydrogen-bond donors (Lipinski definition) is 4. The molecule has 0 radical (unpaired) electrons. The van der Waals surface area contributed by atoms with Crippen molar-refractivity contribution in [2.75, 3.05) is 27.2 Å². The Morgan fingerprint density at radius 3 is 1.77 bits per heavy atom. The van der Waals surface area contributed by atoms with Gasteiger partial charge in [0.1, 0.15) is 0 Å². The summed E-state index contributed by atoms with van der Waals surface area (Å²) < 4.78 is 13.4. The molecule has 2 saturated heterocycles. The number of likely N-dealkylation sites (N-methyl/N-ethyl adjacent to an activating group) is 2. The molecule has 4 aliphatic heterocycles. The van der Waals surface area contributed by atoms with Gasteiger partial charge < -0.3 is 39.7 Å². The molecule has 12 nitrogen and oxygen atoms in total. The van der Waals surface area contributed by atoms with Crippen LogP contribution in [0.15, 0.2) is 56.3 Å². The molecule has 4 heterocycles. The maximum Gasteiger partial charge on any atom is 0.166 e. The van der Waals surface area contributed by atoms with E-state index in [1.165, 1.54) is 35.3 Å². The van der Waals surface area contributed by atoms with Gasteiger partial charge >= 0.3 is 0 Å². The van der Waals surface area contributed by atoms with Gasteiger partial charge in [0.05, 0.1) is 39.2 Å². The summed E-state index contributed by atoms with van der Waals surface area (Å²) in [5, 5.41) is 67.8. The summed E-state index contributed by atoms with van der Waals surface area (Å²) in [7, 11) is 4.27. The molecule has 5 saturated carbocycles. The van der Waals surface area contributed by atoms with Crippen molar-refractivity contribution in [2.24, 2.45) is 49.0 Å². The standard InChI is InChI=1S/C53H64N6O6/c1-48-17-13-31(54-55-35-15-19-52(62)40-25-28-5-10-37(60)44-42(28)50(52,46(35)64-44)21-23-58(40)3)27-30(48)7-8-32-33-9-12-39(49(33,2)18-14-34(32)48)57-56-36-16-20-53(63)41-26-29-6-11-38(61)45-43(29)51(53,47(36)65-45)22-24-59(41)4/h5-6,10-11,27,32-34,40-41,46-47,60-63H,7-9,12-26H2,1-4H3/b54-31+,55-35+,56-36+,57-39+/t32-,33-,34-,40+,41+,46-,47-,48-,49-,50-,51-,52+,53+/m0/s1. The summed E-state index contributed by atoms with van der Waals surface area (Å²) in [6.45, 7) is 6.75. The highest BCUT2D eigenvalue weighted by Crippen LogP contribution is 2.68. The molecule has 8 aliphatic carbocycles. The predicted molar refractivity (Wildman–Crippen MR) is 248 cm³/mol. The first-order valence-corrected chi connectivity index (χ1v) is 25.1. The lowest BCUT2D eigenvalue weighted by Gasteiger charge is -2.62. The molecular weight excluding hydrogens is 817 g/mol. The van der Waals surface area contributed by atoms with Gasteiger partial charge in [-0.05, 0) is 182 Å². The Kier molecular flexibility index (Phi) is 7.94. The van der Waals surface area contributed by atoms with Crippen molar-refractivity contribution in [3.05, 3.63) is 58.2 Å². The Labute approximate surface area is 381 Å². The van der Waals surface area contributed by atoms with E-state index in [0.29, 0.717) is 54.9 Å². The lowest BCUT2D eigenvalue weighted by Crippen LogP contribution is -2.76. The average molecular weight is 881 g/mol. The molecule has 0 amide bonds. The van der Waals surface area contributed by atoms with E-state index in [4.69, 9.17) is 29.9 Å². The van der Waals surface area contributed by atoms with Crippen molar-refractivity contribution >= 4 is 22.8 Å². The van der Waals surface area contributed by atoms with Crippen LogP contribution in [0.25, 0.3) is 0 Å². The molecule has 12 aliphatic rings. The van der Waals surface area contributed by atoms with Crippen LogP contribution in [0.2, 0.25) is 0 Å². The highest BCUT2D eigenvalue weighted by molar-refractivity contribution is 5.99. The fraction of sp³-hybridized carbons (Fsp3) is 0.660. The number of benzene rings is 2. The number of nitrogens with zero attached hydrogens (tertiary/aromatic N) is 6. The molecule has 4 bridgehead atoms. The van der Waals surface area contributed by atoms with Gasteiger partial charge in [-0.25, -0.2) is 0 Å². The number of phenols is 2. The molecule has 13 atom stereocenters. The Morgan fingerprint density at radius 1 is 0.600 bits per heavy atom. The Bertz CT molecular complexity index is 2660. The molecule has 2 aromatic carbocycles. The number of likely N-dealkylation sites (tertiary alicyclic amines) is 2. The van der Waals surface area contributed by atoms with Gasteiger partial charge in [0, 0.05) is 34.3 Å². The summed E-state index contributed by atoms with van der Waals surface area (Å²) in [6.07, 6.45) is 15.7. The molecule has 7 fully saturated rings. The van der Waals surface area contributed by atoms with Gasteiger partial charge in [0.2, 0.25) is 0 Å². The molecule has 14 rings (SSSR count). The van der Waals surface area contributed by atoms with E-state index >= 15 is 0 Å². The van der Waals surface area contributed by atoms with Crippen LogP contribution in [0, 0.1) is 28.6 Å². The molecule has 12 heteroatoms. The third kappa shape index (κ3) is 4.65. The summed E-state index contributed by atoms with van der Waals surface area (Å²) in [4.78, 5) is 4.65. The minimum Gasteiger partial charge on any atom is -0.504 e. The highest BCUT2D eigenvalue weighted by atomic mass is 16.5. The first-order chi connectivity index (χ1) is 31.2. The Balaban J connectivity index is 0.722. The first kappa shape index (κ1) is 40.0. The van der Waals surface area contributed by atoms with E-state index in [9.17, 15) is 20.4 Å². The number of fused-ring (bicyclic) bond motifs is 5. The van der Waals surface area contributed by atoms with Crippen molar-refractivity contribution in [3.63, 3.8) is 0 Å². The van der Waals surface area contributed by atoms with E-state index in [1.54, 1.807) is 12.1 Å². The molecule has 342 valence electrons. The maximum atomic E-state index is 12.7. The predicted octanol–water partition coefficient (Wildman–Crippen LogP) is 6.92. The third-order valence-corrected chi connectivity index (χ3v) is 21.4. The molecule has 2 aromatic rings. The zero-order valence-corrected chi connectivity index (χ0v) is 38.4. The van der Waals surface area contributed by atoms with Gasteiger partial charge in [0.15, 0.2) is 35.2 Å². The van der Waals surface area contributed by atoms with Crippen LogP contribution in [-0.2, 0) is 23.7 Å². The second-order valence-electron chi connectivity index (χ2n) is 23.4. The number of aliphatic hydroxyl groups is 2.